The molecular weight excluding hydrogens is 160 g/mol. The Morgan fingerprint density at radius 3 is 2.38 bits per heavy atom. The summed E-state index contributed by atoms with van der Waals surface area (Å²) in [6.45, 7) is 5.90. The van der Waals surface area contributed by atoms with Crippen LogP contribution in [0.2, 0.25) is 0 Å². The number of likely N-dealkylation sites (tertiary alicyclic amines) is 1. The van der Waals surface area contributed by atoms with Crippen LogP contribution >= 0.6 is 0 Å². The topological polar surface area (TPSA) is 29.3 Å². The Bertz CT molecular complexity index is 181. The van der Waals surface area contributed by atoms with Gasteiger partial charge in [-0.1, -0.05) is 6.92 Å². The molecule has 2 aliphatic rings. The van der Waals surface area contributed by atoms with Crippen molar-refractivity contribution < 1.29 is 0 Å². The van der Waals surface area contributed by atoms with Gasteiger partial charge in [-0.25, -0.2) is 0 Å². The van der Waals surface area contributed by atoms with E-state index >= 15 is 0 Å². The van der Waals surface area contributed by atoms with Crippen LogP contribution in [0.4, 0.5) is 0 Å². The van der Waals surface area contributed by atoms with Gasteiger partial charge in [-0.3, -0.25) is 4.90 Å². The van der Waals surface area contributed by atoms with Crippen molar-refractivity contribution in [3.8, 4) is 0 Å². The molecule has 4 atom stereocenters. The van der Waals surface area contributed by atoms with Crippen molar-refractivity contribution in [3.05, 3.63) is 0 Å². The monoisotopic (exact) mass is 182 g/mol. The normalized spacial score (nSPS) is 47.3. The molecule has 0 radical (unpaired) electrons. The van der Waals surface area contributed by atoms with Gasteiger partial charge in [0.2, 0.25) is 0 Å². The molecular formula is C11H22N2. The van der Waals surface area contributed by atoms with E-state index < -0.39 is 0 Å². The number of rotatable bonds is 1. The van der Waals surface area contributed by atoms with E-state index in [1.807, 2.05) is 0 Å². The van der Waals surface area contributed by atoms with E-state index in [4.69, 9.17) is 5.73 Å². The Labute approximate surface area is 81.5 Å². The molecule has 0 aromatic carbocycles. The van der Waals surface area contributed by atoms with Gasteiger partial charge >= 0.3 is 0 Å². The molecule has 2 fully saturated rings. The Morgan fingerprint density at radius 2 is 1.92 bits per heavy atom. The van der Waals surface area contributed by atoms with Crippen LogP contribution in [-0.4, -0.2) is 29.6 Å². The average molecular weight is 182 g/mol. The molecule has 76 valence electrons. The quantitative estimate of drug-likeness (QED) is 0.667. The van der Waals surface area contributed by atoms with Crippen LogP contribution in [0.25, 0.3) is 0 Å². The van der Waals surface area contributed by atoms with Crippen molar-refractivity contribution in [2.24, 2.45) is 11.7 Å². The Kier molecular flexibility index (Phi) is 2.61. The Hall–Kier alpha value is -0.0800. The fourth-order valence-corrected chi connectivity index (χ4v) is 2.98. The third-order valence-corrected chi connectivity index (χ3v) is 4.00. The number of nitrogens with zero attached hydrogens (tertiary/aromatic N) is 1. The van der Waals surface area contributed by atoms with Gasteiger partial charge in [0, 0.05) is 24.7 Å². The first-order valence-electron chi connectivity index (χ1n) is 5.70. The second-order valence-electron chi connectivity index (χ2n) is 5.00. The molecule has 1 saturated carbocycles. The molecule has 0 aromatic rings. The third-order valence-electron chi connectivity index (χ3n) is 4.00. The van der Waals surface area contributed by atoms with Gasteiger partial charge < -0.3 is 5.73 Å². The van der Waals surface area contributed by atoms with E-state index in [1.54, 1.807) is 0 Å². The van der Waals surface area contributed by atoms with Gasteiger partial charge in [0.15, 0.2) is 0 Å². The molecule has 2 heteroatoms. The van der Waals surface area contributed by atoms with Gasteiger partial charge in [-0.15, -0.1) is 0 Å². The second-order valence-corrected chi connectivity index (χ2v) is 5.00. The molecule has 13 heavy (non-hydrogen) atoms. The molecule has 0 aromatic heterocycles. The lowest BCUT2D eigenvalue weighted by Gasteiger charge is -2.29. The molecule has 1 aliphatic heterocycles. The van der Waals surface area contributed by atoms with Crippen molar-refractivity contribution in [2.75, 3.05) is 6.54 Å². The van der Waals surface area contributed by atoms with Crippen LogP contribution in [0, 0.1) is 5.92 Å². The summed E-state index contributed by atoms with van der Waals surface area (Å²) in [5.74, 6) is 0.939. The lowest BCUT2D eigenvalue weighted by atomic mass is 10.1. The van der Waals surface area contributed by atoms with Gasteiger partial charge in [-0.05, 0) is 38.5 Å². The second kappa shape index (κ2) is 3.58. The minimum absolute atomic E-state index is 0.427. The van der Waals surface area contributed by atoms with Crippen LogP contribution in [0.3, 0.4) is 0 Å². The van der Waals surface area contributed by atoms with Gasteiger partial charge in [0.05, 0.1) is 0 Å². The maximum atomic E-state index is 6.03. The van der Waals surface area contributed by atoms with E-state index in [0.29, 0.717) is 12.1 Å². The van der Waals surface area contributed by atoms with Gasteiger partial charge in [-0.2, -0.15) is 0 Å². The minimum atomic E-state index is 0.427. The molecule has 1 saturated heterocycles. The summed E-state index contributed by atoms with van der Waals surface area (Å²) in [7, 11) is 0. The van der Waals surface area contributed by atoms with Crippen molar-refractivity contribution in [3.63, 3.8) is 0 Å². The van der Waals surface area contributed by atoms with Crippen LogP contribution in [0.5, 0.6) is 0 Å². The maximum Gasteiger partial charge on any atom is 0.0222 e. The van der Waals surface area contributed by atoms with Gasteiger partial charge in [0.1, 0.15) is 0 Å². The Morgan fingerprint density at radius 1 is 1.15 bits per heavy atom. The molecule has 0 spiro atoms. The predicted octanol–water partition coefficient (Wildman–Crippen LogP) is 1.60. The van der Waals surface area contributed by atoms with Crippen molar-refractivity contribution >= 4 is 0 Å². The zero-order valence-electron chi connectivity index (χ0n) is 8.87. The largest absolute Gasteiger partial charge is 0.326 e. The average Bonchev–Trinajstić information content (AvgIpc) is 2.62. The van der Waals surface area contributed by atoms with E-state index in [9.17, 15) is 0 Å². The smallest absolute Gasteiger partial charge is 0.0222 e. The van der Waals surface area contributed by atoms with Crippen LogP contribution in [0.1, 0.15) is 39.5 Å². The summed E-state index contributed by atoms with van der Waals surface area (Å²) in [5, 5.41) is 0. The molecule has 0 bridgehead atoms. The number of hydrogen-bond acceptors (Lipinski definition) is 2. The van der Waals surface area contributed by atoms with Crippen molar-refractivity contribution in [2.45, 2.75) is 57.7 Å². The fourth-order valence-electron chi connectivity index (χ4n) is 2.98. The van der Waals surface area contributed by atoms with Crippen molar-refractivity contribution in [1.29, 1.82) is 0 Å². The lowest BCUT2D eigenvalue weighted by Crippen LogP contribution is -2.41. The molecule has 2 N–H and O–H groups in total. The molecule has 4 unspecified atom stereocenters. The van der Waals surface area contributed by atoms with Crippen LogP contribution < -0.4 is 5.73 Å². The number of hydrogen-bond donors (Lipinski definition) is 1. The molecule has 2 rings (SSSR count). The first-order valence-corrected chi connectivity index (χ1v) is 5.70. The summed E-state index contributed by atoms with van der Waals surface area (Å²) in [6.07, 6.45) is 5.42. The molecule has 1 aliphatic carbocycles. The SMILES string of the molecule is CC1CCC(N2CCC(N)C2C)C1. The van der Waals surface area contributed by atoms with E-state index in [2.05, 4.69) is 18.7 Å². The molecule has 0 amide bonds. The highest BCUT2D eigenvalue weighted by atomic mass is 15.2. The Balaban J connectivity index is 1.94. The highest BCUT2D eigenvalue weighted by Crippen LogP contribution is 2.32. The van der Waals surface area contributed by atoms with E-state index in [0.717, 1.165) is 12.0 Å². The fraction of sp³-hybridized carbons (Fsp3) is 1.00. The summed E-state index contributed by atoms with van der Waals surface area (Å²) in [6, 6.07) is 1.89. The lowest BCUT2D eigenvalue weighted by molar-refractivity contribution is 0.184. The third kappa shape index (κ3) is 1.75. The van der Waals surface area contributed by atoms with Gasteiger partial charge in [0.25, 0.3) is 0 Å². The molecule has 2 nitrogen and oxygen atoms in total. The summed E-state index contributed by atoms with van der Waals surface area (Å²) in [5.41, 5.74) is 6.03. The van der Waals surface area contributed by atoms with E-state index in [1.165, 1.54) is 32.2 Å². The zero-order valence-corrected chi connectivity index (χ0v) is 8.87. The summed E-state index contributed by atoms with van der Waals surface area (Å²) >= 11 is 0. The highest BCUT2D eigenvalue weighted by Gasteiger charge is 2.35. The first-order chi connectivity index (χ1) is 6.18. The first kappa shape index (κ1) is 9.47. The zero-order chi connectivity index (χ0) is 9.42. The van der Waals surface area contributed by atoms with Crippen LogP contribution in [-0.2, 0) is 0 Å². The van der Waals surface area contributed by atoms with Crippen molar-refractivity contribution in [1.82, 2.24) is 4.90 Å². The minimum Gasteiger partial charge on any atom is -0.326 e. The molecule has 1 heterocycles. The highest BCUT2D eigenvalue weighted by molar-refractivity contribution is 4.93. The van der Waals surface area contributed by atoms with E-state index in [-0.39, 0.29) is 0 Å². The maximum absolute atomic E-state index is 6.03. The summed E-state index contributed by atoms with van der Waals surface area (Å²) < 4.78 is 0. The number of nitrogens with two attached hydrogens (primary N) is 1. The standard InChI is InChI=1S/C11H22N2/c1-8-3-4-10(7-8)13-6-5-11(12)9(13)2/h8-11H,3-7,12H2,1-2H3. The van der Waals surface area contributed by atoms with Crippen LogP contribution in [0.15, 0.2) is 0 Å². The predicted molar refractivity (Wildman–Crippen MR) is 55.6 cm³/mol. The summed E-state index contributed by atoms with van der Waals surface area (Å²) in [4.78, 5) is 2.65.